The number of aromatic nitrogens is 1. The molecule has 0 fully saturated rings. The van der Waals surface area contributed by atoms with Crippen LogP contribution in [0.4, 0.5) is 0 Å². The zero-order chi connectivity index (χ0) is 12.7. The summed E-state index contributed by atoms with van der Waals surface area (Å²) >= 11 is 0. The molecule has 1 aromatic heterocycles. The van der Waals surface area contributed by atoms with Crippen LogP contribution in [-0.4, -0.2) is 15.6 Å². The third-order valence-electron chi connectivity index (χ3n) is 3.29. The number of carbonyl (C=O) groups is 1. The molecule has 4 nitrogen and oxygen atoms in total. The molecule has 0 bridgehead atoms. The molecule has 4 heteroatoms. The minimum absolute atomic E-state index is 0.179. The van der Waals surface area contributed by atoms with Gasteiger partial charge in [0.2, 0.25) is 0 Å². The summed E-state index contributed by atoms with van der Waals surface area (Å²) in [4.78, 5) is 23.2. The lowest BCUT2D eigenvalue weighted by Gasteiger charge is -2.22. The molecule has 90 valence electrons. The molecule has 2 heterocycles. The number of pyridine rings is 1. The number of fused-ring (bicyclic) bond motifs is 3. The fourth-order valence-corrected chi connectivity index (χ4v) is 2.48. The minimum Gasteiger partial charge on any atom is -0.478 e. The summed E-state index contributed by atoms with van der Waals surface area (Å²) in [6.07, 6.45) is 1.34. The molecule has 0 spiro atoms. The first-order chi connectivity index (χ1) is 8.68. The third-order valence-corrected chi connectivity index (χ3v) is 3.29. The molecule has 0 saturated heterocycles. The summed E-state index contributed by atoms with van der Waals surface area (Å²) in [6.45, 7) is 0. The van der Waals surface area contributed by atoms with Crippen LogP contribution in [0.3, 0.4) is 0 Å². The molecule has 0 saturated carbocycles. The van der Waals surface area contributed by atoms with Crippen molar-refractivity contribution in [2.45, 2.75) is 12.8 Å². The van der Waals surface area contributed by atoms with Crippen molar-refractivity contribution in [3.8, 4) is 5.69 Å². The molecule has 1 aromatic carbocycles. The second kappa shape index (κ2) is 3.84. The van der Waals surface area contributed by atoms with Gasteiger partial charge in [0, 0.05) is 11.8 Å². The van der Waals surface area contributed by atoms with Crippen molar-refractivity contribution in [3.05, 3.63) is 63.6 Å². The summed E-state index contributed by atoms with van der Waals surface area (Å²) < 4.78 is 1.52. The van der Waals surface area contributed by atoms with Gasteiger partial charge in [-0.15, -0.1) is 0 Å². The predicted octanol–water partition coefficient (Wildman–Crippen LogP) is 1.63. The van der Waals surface area contributed by atoms with E-state index in [1.165, 1.54) is 16.7 Å². The van der Waals surface area contributed by atoms with Crippen molar-refractivity contribution in [2.24, 2.45) is 0 Å². The molecule has 1 aliphatic heterocycles. The second-order valence-electron chi connectivity index (χ2n) is 4.30. The van der Waals surface area contributed by atoms with Crippen LogP contribution in [-0.2, 0) is 12.8 Å². The lowest BCUT2D eigenvalue weighted by atomic mass is 9.98. The number of para-hydroxylation sites is 1. The van der Waals surface area contributed by atoms with E-state index in [0.717, 1.165) is 17.7 Å². The van der Waals surface area contributed by atoms with Gasteiger partial charge in [0.25, 0.3) is 5.56 Å². The molecule has 1 aliphatic rings. The van der Waals surface area contributed by atoms with Crippen LogP contribution in [0.15, 0.2) is 41.2 Å². The van der Waals surface area contributed by atoms with Gasteiger partial charge in [-0.05, 0) is 30.5 Å². The largest absolute Gasteiger partial charge is 0.478 e. The van der Waals surface area contributed by atoms with Crippen LogP contribution in [0, 0.1) is 0 Å². The summed E-state index contributed by atoms with van der Waals surface area (Å²) in [7, 11) is 0. The van der Waals surface area contributed by atoms with E-state index in [0.29, 0.717) is 12.1 Å². The molecule has 1 N–H and O–H groups in total. The van der Waals surface area contributed by atoms with Gasteiger partial charge in [0.05, 0.1) is 11.3 Å². The normalized spacial score (nSPS) is 12.7. The highest BCUT2D eigenvalue weighted by Crippen LogP contribution is 2.24. The van der Waals surface area contributed by atoms with Crippen LogP contribution >= 0.6 is 0 Å². The van der Waals surface area contributed by atoms with E-state index >= 15 is 0 Å². The van der Waals surface area contributed by atoms with Crippen LogP contribution in [0.2, 0.25) is 0 Å². The first-order valence-electron chi connectivity index (χ1n) is 5.75. The van der Waals surface area contributed by atoms with Crippen molar-refractivity contribution in [2.75, 3.05) is 0 Å². The number of carboxylic acids is 1. The summed E-state index contributed by atoms with van der Waals surface area (Å²) in [5.74, 6) is -0.988. The van der Waals surface area contributed by atoms with E-state index in [-0.39, 0.29) is 11.1 Å². The number of rotatable bonds is 1. The number of nitrogens with zero attached hydrogens (tertiary/aromatic N) is 1. The zero-order valence-corrected chi connectivity index (χ0v) is 9.59. The van der Waals surface area contributed by atoms with Gasteiger partial charge < -0.3 is 5.11 Å². The molecule has 3 rings (SSSR count). The number of hydrogen-bond donors (Lipinski definition) is 1. The number of aromatic carboxylic acids is 1. The van der Waals surface area contributed by atoms with E-state index in [1.54, 1.807) is 0 Å². The maximum atomic E-state index is 12.0. The summed E-state index contributed by atoms with van der Waals surface area (Å²) in [6, 6.07) is 10.3. The van der Waals surface area contributed by atoms with Crippen molar-refractivity contribution in [1.29, 1.82) is 0 Å². The quantitative estimate of drug-likeness (QED) is 0.825. The molecule has 0 radical (unpaired) electrons. The van der Waals surface area contributed by atoms with E-state index in [1.807, 2.05) is 24.3 Å². The smallest absolute Gasteiger partial charge is 0.337 e. The first kappa shape index (κ1) is 10.8. The predicted molar refractivity (Wildman–Crippen MR) is 66.4 cm³/mol. The third kappa shape index (κ3) is 1.46. The summed E-state index contributed by atoms with van der Waals surface area (Å²) in [5.41, 5.74) is 2.50. The average Bonchev–Trinajstić information content (AvgIpc) is 2.38. The zero-order valence-electron chi connectivity index (χ0n) is 9.59. The van der Waals surface area contributed by atoms with Crippen LogP contribution in [0.5, 0.6) is 0 Å². The van der Waals surface area contributed by atoms with Gasteiger partial charge >= 0.3 is 5.97 Å². The maximum absolute atomic E-state index is 12.0. The Hall–Kier alpha value is -2.36. The molecular formula is C14H11NO3. The van der Waals surface area contributed by atoms with E-state index in [2.05, 4.69) is 0 Å². The Bertz CT molecular complexity index is 700. The van der Waals surface area contributed by atoms with Gasteiger partial charge in [-0.3, -0.25) is 9.36 Å². The van der Waals surface area contributed by atoms with Gasteiger partial charge in [-0.1, -0.05) is 18.2 Å². The summed E-state index contributed by atoms with van der Waals surface area (Å²) in [5, 5.41) is 9.16. The second-order valence-corrected chi connectivity index (χ2v) is 4.30. The minimum atomic E-state index is -0.988. The van der Waals surface area contributed by atoms with E-state index in [9.17, 15) is 9.59 Å². The molecule has 2 aromatic rings. The Morgan fingerprint density at radius 2 is 1.89 bits per heavy atom. The number of aryl methyl sites for hydroxylation is 1. The highest BCUT2D eigenvalue weighted by Gasteiger charge is 2.21. The average molecular weight is 241 g/mol. The fourth-order valence-electron chi connectivity index (χ4n) is 2.48. The monoisotopic (exact) mass is 241 g/mol. The van der Waals surface area contributed by atoms with Crippen molar-refractivity contribution in [3.63, 3.8) is 0 Å². The molecule has 0 amide bonds. The highest BCUT2D eigenvalue weighted by atomic mass is 16.4. The maximum Gasteiger partial charge on any atom is 0.337 e. The molecule has 0 atom stereocenters. The first-order valence-corrected chi connectivity index (χ1v) is 5.75. The van der Waals surface area contributed by atoms with E-state index in [4.69, 9.17) is 5.11 Å². The van der Waals surface area contributed by atoms with Crippen LogP contribution < -0.4 is 5.56 Å². The Morgan fingerprint density at radius 1 is 1.11 bits per heavy atom. The highest BCUT2D eigenvalue weighted by molar-refractivity contribution is 5.89. The Morgan fingerprint density at radius 3 is 2.67 bits per heavy atom. The van der Waals surface area contributed by atoms with Gasteiger partial charge in [-0.25, -0.2) is 4.79 Å². The van der Waals surface area contributed by atoms with Crippen LogP contribution in [0.1, 0.15) is 21.6 Å². The Balaban J connectivity index is 2.37. The lowest BCUT2D eigenvalue weighted by molar-refractivity contribution is 0.0694. The molecule has 18 heavy (non-hydrogen) atoms. The van der Waals surface area contributed by atoms with Gasteiger partial charge in [-0.2, -0.15) is 0 Å². The van der Waals surface area contributed by atoms with Crippen molar-refractivity contribution < 1.29 is 9.90 Å². The number of hydrogen-bond acceptors (Lipinski definition) is 2. The van der Waals surface area contributed by atoms with Crippen LogP contribution in [0.25, 0.3) is 5.69 Å². The fraction of sp³-hybridized carbons (Fsp3) is 0.143. The van der Waals surface area contributed by atoms with Crippen molar-refractivity contribution >= 4 is 5.97 Å². The Kier molecular flexibility index (Phi) is 2.30. The molecular weight excluding hydrogens is 230 g/mol. The Labute approximate surface area is 103 Å². The molecule has 0 unspecified atom stereocenters. The SMILES string of the molecule is O=C(O)c1ccc(=O)n2c1CCc1ccccc1-2. The lowest BCUT2D eigenvalue weighted by Crippen LogP contribution is -2.28. The number of benzene rings is 1. The topological polar surface area (TPSA) is 59.3 Å². The van der Waals surface area contributed by atoms with Gasteiger partial charge in [0.15, 0.2) is 0 Å². The number of carboxylic acid groups (broad SMARTS) is 1. The standard InChI is InChI=1S/C14H11NO3/c16-13-8-6-10(14(17)18)12-7-5-9-3-1-2-4-11(9)15(12)13/h1-4,6,8H,5,7H2,(H,17,18). The molecule has 0 aliphatic carbocycles. The van der Waals surface area contributed by atoms with E-state index < -0.39 is 5.97 Å². The van der Waals surface area contributed by atoms with Gasteiger partial charge in [0.1, 0.15) is 0 Å². The van der Waals surface area contributed by atoms with Crippen molar-refractivity contribution in [1.82, 2.24) is 4.57 Å².